The van der Waals surface area contributed by atoms with E-state index < -0.39 is 12.1 Å². The molecule has 0 amide bonds. The summed E-state index contributed by atoms with van der Waals surface area (Å²) in [6.45, 7) is 4.00. The Bertz CT molecular complexity index is 952. The van der Waals surface area contributed by atoms with Gasteiger partial charge in [-0.3, -0.25) is 0 Å². The third kappa shape index (κ3) is 4.37. The molecule has 7 nitrogen and oxygen atoms in total. The lowest BCUT2D eigenvalue weighted by Gasteiger charge is -2.43. The van der Waals surface area contributed by atoms with Crippen LogP contribution >= 0.6 is 0 Å². The van der Waals surface area contributed by atoms with Gasteiger partial charge in [-0.1, -0.05) is 26.0 Å². The van der Waals surface area contributed by atoms with Crippen LogP contribution in [0.2, 0.25) is 0 Å². The first-order valence-electron chi connectivity index (χ1n) is 9.55. The van der Waals surface area contributed by atoms with E-state index in [2.05, 4.69) is 29.9 Å². The molecule has 30 heavy (non-hydrogen) atoms. The fraction of sp³-hybridized carbons (Fsp3) is 0.400. The number of hydrogen-bond acceptors (Lipinski definition) is 7. The number of benzene rings is 1. The van der Waals surface area contributed by atoms with Crippen LogP contribution in [-0.4, -0.2) is 27.3 Å². The van der Waals surface area contributed by atoms with Crippen molar-refractivity contribution < 1.29 is 22.3 Å². The lowest BCUT2D eigenvalue weighted by Crippen LogP contribution is -2.42. The minimum atomic E-state index is -4.69. The van der Waals surface area contributed by atoms with Crippen LogP contribution < -0.4 is 10.1 Å². The third-order valence-electron chi connectivity index (χ3n) is 4.77. The second-order valence-corrected chi connectivity index (χ2v) is 6.49. The number of nitrogens with one attached hydrogen (secondary N) is 1. The van der Waals surface area contributed by atoms with Crippen LogP contribution in [0.1, 0.15) is 44.6 Å². The number of nitrogens with zero attached hydrogens (tertiary/aromatic N) is 4. The van der Waals surface area contributed by atoms with Crippen molar-refractivity contribution in [1.29, 1.82) is 0 Å². The van der Waals surface area contributed by atoms with Crippen LogP contribution in [0.4, 0.5) is 19.1 Å². The number of halogens is 3. The van der Waals surface area contributed by atoms with E-state index in [0.717, 1.165) is 30.6 Å². The van der Waals surface area contributed by atoms with Crippen LogP contribution in [0.3, 0.4) is 0 Å². The highest BCUT2D eigenvalue weighted by molar-refractivity contribution is 5.51. The van der Waals surface area contributed by atoms with Crippen molar-refractivity contribution in [3.05, 3.63) is 48.1 Å². The van der Waals surface area contributed by atoms with Crippen molar-refractivity contribution in [2.75, 3.05) is 12.4 Å². The molecule has 0 saturated heterocycles. The van der Waals surface area contributed by atoms with Crippen molar-refractivity contribution >= 4 is 5.95 Å². The maximum absolute atomic E-state index is 12.6. The Morgan fingerprint density at radius 2 is 1.67 bits per heavy atom. The van der Waals surface area contributed by atoms with E-state index in [0.29, 0.717) is 5.95 Å². The number of aromatic nitrogens is 4. The molecule has 160 valence electrons. The van der Waals surface area contributed by atoms with Crippen LogP contribution in [0.15, 0.2) is 41.1 Å². The number of anilines is 1. The summed E-state index contributed by atoms with van der Waals surface area (Å²) in [5.41, 5.74) is 1.03. The molecule has 0 radical (unpaired) electrons. The maximum Gasteiger partial charge on any atom is 0.470 e. The molecule has 0 unspecified atom stereocenters. The van der Waals surface area contributed by atoms with E-state index in [1.807, 2.05) is 38.1 Å². The average molecular weight is 421 g/mol. The Morgan fingerprint density at radius 3 is 2.13 bits per heavy atom. The highest BCUT2D eigenvalue weighted by Crippen LogP contribution is 2.44. The predicted molar refractivity (Wildman–Crippen MR) is 104 cm³/mol. The quantitative estimate of drug-likeness (QED) is 0.615. The molecule has 2 heterocycles. The lowest BCUT2D eigenvalue weighted by molar-refractivity contribution is -0.156. The molecule has 0 atom stereocenters. The SMILES string of the molecule is CC.COc1ccc(C2(Nc3ncc(-c4nnc(C(F)(F)F)o4)cn3)CCC2)cc1. The first-order chi connectivity index (χ1) is 14.4. The standard InChI is InChI=1S/C18H16F3N5O2.C2H6/c1-27-13-5-3-12(4-6-13)17(7-2-8-17)24-16-22-9-11(10-23-16)14-25-26-15(28-14)18(19,20)21;1-2/h3-6,9-10H,2,7-8H2,1H3,(H,22,23,24);1-2H3. The number of methoxy groups -OCH3 is 1. The molecule has 1 aliphatic carbocycles. The number of alkyl halides is 3. The Hall–Kier alpha value is -3.17. The van der Waals surface area contributed by atoms with Crippen molar-refractivity contribution in [2.45, 2.75) is 44.8 Å². The fourth-order valence-corrected chi connectivity index (χ4v) is 3.10. The zero-order valence-electron chi connectivity index (χ0n) is 16.8. The molecule has 1 N–H and O–H groups in total. The average Bonchev–Trinajstić information content (AvgIpc) is 3.24. The van der Waals surface area contributed by atoms with Gasteiger partial charge in [-0.25, -0.2) is 9.97 Å². The molecule has 0 aliphatic heterocycles. The largest absolute Gasteiger partial charge is 0.497 e. The lowest BCUT2D eigenvalue weighted by atomic mass is 9.72. The van der Waals surface area contributed by atoms with E-state index >= 15 is 0 Å². The second-order valence-electron chi connectivity index (χ2n) is 6.49. The minimum absolute atomic E-state index is 0.209. The van der Waals surface area contributed by atoms with Crippen LogP contribution in [0.5, 0.6) is 5.75 Å². The van der Waals surface area contributed by atoms with Crippen molar-refractivity contribution in [3.63, 3.8) is 0 Å². The number of hydrogen-bond donors (Lipinski definition) is 1. The molecule has 0 spiro atoms. The monoisotopic (exact) mass is 421 g/mol. The third-order valence-corrected chi connectivity index (χ3v) is 4.77. The summed E-state index contributed by atoms with van der Waals surface area (Å²) < 4.78 is 47.6. The van der Waals surface area contributed by atoms with Crippen LogP contribution in [-0.2, 0) is 11.7 Å². The van der Waals surface area contributed by atoms with E-state index in [9.17, 15) is 13.2 Å². The topological polar surface area (TPSA) is 86.0 Å². The smallest absolute Gasteiger partial charge is 0.470 e. The van der Waals surface area contributed by atoms with E-state index in [1.54, 1.807) is 7.11 Å². The van der Waals surface area contributed by atoms with Crippen molar-refractivity contribution in [1.82, 2.24) is 20.2 Å². The van der Waals surface area contributed by atoms with Gasteiger partial charge in [0.25, 0.3) is 5.89 Å². The summed E-state index contributed by atoms with van der Waals surface area (Å²) in [5, 5.41) is 9.74. The molecule has 0 bridgehead atoms. The molecule has 10 heteroatoms. The molecule has 4 rings (SSSR count). The summed E-state index contributed by atoms with van der Waals surface area (Å²) in [7, 11) is 1.61. The highest BCUT2D eigenvalue weighted by atomic mass is 19.4. The number of rotatable bonds is 5. The van der Waals surface area contributed by atoms with Gasteiger partial charge in [0.15, 0.2) is 0 Å². The van der Waals surface area contributed by atoms with Gasteiger partial charge in [-0.05, 0) is 37.0 Å². The Kier molecular flexibility index (Phi) is 6.23. The van der Waals surface area contributed by atoms with E-state index in [-0.39, 0.29) is 17.0 Å². The molecular weight excluding hydrogens is 399 g/mol. The molecular formula is C20H22F3N5O2. The van der Waals surface area contributed by atoms with E-state index in [4.69, 9.17) is 4.74 Å². The first kappa shape index (κ1) is 21.5. The van der Waals surface area contributed by atoms with Gasteiger partial charge in [0.1, 0.15) is 5.75 Å². The van der Waals surface area contributed by atoms with Crippen molar-refractivity contribution in [3.8, 4) is 17.2 Å². The Balaban J connectivity index is 0.00000124. The Morgan fingerprint density at radius 1 is 1.03 bits per heavy atom. The van der Waals surface area contributed by atoms with Crippen molar-refractivity contribution in [2.24, 2.45) is 0 Å². The molecule has 1 aromatic carbocycles. The minimum Gasteiger partial charge on any atom is -0.497 e. The highest BCUT2D eigenvalue weighted by Gasteiger charge is 2.40. The zero-order chi connectivity index (χ0) is 21.8. The molecule has 3 aromatic rings. The van der Waals surface area contributed by atoms with Gasteiger partial charge in [-0.15, -0.1) is 10.2 Å². The van der Waals surface area contributed by atoms with Gasteiger partial charge in [0.2, 0.25) is 5.95 Å². The van der Waals surface area contributed by atoms with Crippen LogP contribution in [0.25, 0.3) is 11.5 Å². The predicted octanol–water partition coefficient (Wildman–Crippen LogP) is 5.07. The maximum atomic E-state index is 12.6. The van der Waals surface area contributed by atoms with Gasteiger partial charge in [0.05, 0.1) is 18.2 Å². The number of ether oxygens (including phenoxy) is 1. The van der Waals surface area contributed by atoms with Gasteiger partial charge >= 0.3 is 12.1 Å². The summed E-state index contributed by atoms with van der Waals surface area (Å²) in [4.78, 5) is 8.39. The Labute approximate surface area is 171 Å². The van der Waals surface area contributed by atoms with E-state index in [1.165, 1.54) is 12.4 Å². The normalized spacial score (nSPS) is 14.9. The van der Waals surface area contributed by atoms with Crippen LogP contribution in [0, 0.1) is 0 Å². The fourth-order valence-electron chi connectivity index (χ4n) is 3.10. The second kappa shape index (κ2) is 8.68. The molecule has 1 saturated carbocycles. The van der Waals surface area contributed by atoms with Gasteiger partial charge < -0.3 is 14.5 Å². The van der Waals surface area contributed by atoms with Gasteiger partial charge in [-0.2, -0.15) is 13.2 Å². The van der Waals surface area contributed by atoms with Gasteiger partial charge in [0, 0.05) is 12.4 Å². The molecule has 2 aromatic heterocycles. The summed E-state index contributed by atoms with van der Waals surface area (Å²) in [6.07, 6.45) is 0.917. The zero-order valence-corrected chi connectivity index (χ0v) is 16.8. The first-order valence-corrected chi connectivity index (χ1v) is 9.55. The summed E-state index contributed by atoms with van der Waals surface area (Å²) in [6, 6.07) is 7.79. The molecule has 1 fully saturated rings. The summed E-state index contributed by atoms with van der Waals surface area (Å²) >= 11 is 0. The summed E-state index contributed by atoms with van der Waals surface area (Å²) in [5.74, 6) is -0.545. The molecule has 1 aliphatic rings.